The van der Waals surface area contributed by atoms with Gasteiger partial charge in [-0.3, -0.25) is 0 Å². The molecule has 2 heterocycles. The number of carbonyl (C=O) groups is 1. The lowest BCUT2D eigenvalue weighted by Gasteiger charge is -2.37. The Hall–Kier alpha value is -1.30. The Labute approximate surface area is 112 Å². The van der Waals surface area contributed by atoms with Crippen molar-refractivity contribution in [3.8, 4) is 0 Å². The van der Waals surface area contributed by atoms with Crippen LogP contribution in [0.4, 0.5) is 0 Å². The molecule has 0 aromatic carbocycles. The number of amidine groups is 1. The topological polar surface area (TPSA) is 60.4 Å². The maximum Gasteiger partial charge on any atom is 0.350 e. The zero-order valence-electron chi connectivity index (χ0n) is 11.4. The van der Waals surface area contributed by atoms with Crippen molar-refractivity contribution in [2.45, 2.75) is 44.5 Å². The second-order valence-electron chi connectivity index (χ2n) is 5.56. The molecule has 0 aromatic rings. The highest BCUT2D eigenvalue weighted by molar-refractivity contribution is 5.89. The normalized spacial score (nSPS) is 34.7. The van der Waals surface area contributed by atoms with Gasteiger partial charge in [-0.25, -0.2) is 4.79 Å². The molecule has 3 rings (SSSR count). The van der Waals surface area contributed by atoms with E-state index in [1.807, 2.05) is 0 Å². The number of rotatable bonds is 2. The third kappa shape index (κ3) is 2.68. The van der Waals surface area contributed by atoms with Crippen LogP contribution in [0.1, 0.15) is 26.2 Å². The average Bonchev–Trinajstić information content (AvgIpc) is 3.14. The number of carbonyl (C=O) groups excluding carboxylic acids is 1. The summed E-state index contributed by atoms with van der Waals surface area (Å²) in [6.45, 7) is 3.74. The first kappa shape index (κ1) is 12.7. The van der Waals surface area contributed by atoms with Crippen LogP contribution in [0.2, 0.25) is 0 Å². The molecule has 6 nitrogen and oxygen atoms in total. The number of oxime groups is 1. The van der Waals surface area contributed by atoms with Gasteiger partial charge in [0, 0.05) is 13.1 Å². The van der Waals surface area contributed by atoms with E-state index < -0.39 is 6.10 Å². The molecule has 1 saturated heterocycles. The van der Waals surface area contributed by atoms with Crippen molar-refractivity contribution in [3.63, 3.8) is 0 Å². The van der Waals surface area contributed by atoms with Crippen molar-refractivity contribution in [3.05, 3.63) is 0 Å². The number of hydrogen-bond acceptors (Lipinski definition) is 6. The molecule has 2 aliphatic heterocycles. The van der Waals surface area contributed by atoms with Crippen molar-refractivity contribution in [2.75, 3.05) is 20.2 Å². The molecule has 3 aliphatic rings. The largest absolute Gasteiger partial charge is 0.466 e. The number of nitrogens with zero attached hydrogens (tertiary/aromatic N) is 2. The van der Waals surface area contributed by atoms with Crippen LogP contribution in [0.3, 0.4) is 0 Å². The first-order chi connectivity index (χ1) is 9.17. The van der Waals surface area contributed by atoms with Gasteiger partial charge in [-0.2, -0.15) is 0 Å². The molecule has 0 bridgehead atoms. The molecular weight excluding hydrogens is 248 g/mol. The summed E-state index contributed by atoms with van der Waals surface area (Å²) in [5, 5.41) is 4.04. The van der Waals surface area contributed by atoms with Gasteiger partial charge in [0.15, 0.2) is 0 Å². The lowest BCUT2D eigenvalue weighted by atomic mass is 10.1. The Balaban J connectivity index is 1.61. The van der Waals surface area contributed by atoms with Gasteiger partial charge in [0.2, 0.25) is 6.10 Å². The molecule has 0 radical (unpaired) electrons. The number of esters is 1. The number of morpholine rings is 1. The monoisotopic (exact) mass is 268 g/mol. The summed E-state index contributed by atoms with van der Waals surface area (Å²) < 4.78 is 10.6. The van der Waals surface area contributed by atoms with Crippen LogP contribution < -0.4 is 0 Å². The van der Waals surface area contributed by atoms with Crippen molar-refractivity contribution in [1.29, 1.82) is 0 Å². The zero-order chi connectivity index (χ0) is 13.4. The molecule has 106 valence electrons. The Bertz CT molecular complexity index is 394. The average molecular weight is 268 g/mol. The Morgan fingerprint density at radius 2 is 2.21 bits per heavy atom. The summed E-state index contributed by atoms with van der Waals surface area (Å²) in [4.78, 5) is 18.8. The number of hydrogen-bond donors (Lipinski definition) is 0. The smallest absolute Gasteiger partial charge is 0.350 e. The van der Waals surface area contributed by atoms with E-state index in [1.165, 1.54) is 20.0 Å². The molecule has 2 fully saturated rings. The standard InChI is InChI=1S/C13H20N2O4/c1-8-6-15(7-11(18-8)9-3-4-9)12-5-10(19-14-12)13(16)17-2/h8-11H,3-7H2,1-2H3. The minimum atomic E-state index is -0.586. The van der Waals surface area contributed by atoms with E-state index in [9.17, 15) is 4.79 Å². The van der Waals surface area contributed by atoms with Gasteiger partial charge in [-0.05, 0) is 25.7 Å². The zero-order valence-corrected chi connectivity index (χ0v) is 11.4. The third-order valence-corrected chi connectivity index (χ3v) is 3.92. The SMILES string of the molecule is COC(=O)C1CC(N2CC(C)OC(C3CC3)C2)=NO1. The predicted octanol–water partition coefficient (Wildman–Crippen LogP) is 0.761. The molecule has 6 heteroatoms. The molecule has 3 unspecified atom stereocenters. The first-order valence-electron chi connectivity index (χ1n) is 6.88. The van der Waals surface area contributed by atoms with Crippen LogP contribution in [0.5, 0.6) is 0 Å². The van der Waals surface area contributed by atoms with Gasteiger partial charge in [-0.15, -0.1) is 0 Å². The molecule has 3 atom stereocenters. The highest BCUT2D eigenvalue weighted by Gasteiger charge is 2.40. The molecule has 0 N–H and O–H groups in total. The molecule has 1 aliphatic carbocycles. The molecule has 19 heavy (non-hydrogen) atoms. The Morgan fingerprint density at radius 3 is 2.89 bits per heavy atom. The lowest BCUT2D eigenvalue weighted by molar-refractivity contribution is -0.152. The van der Waals surface area contributed by atoms with Gasteiger partial charge in [0.1, 0.15) is 5.84 Å². The molecule has 0 spiro atoms. The van der Waals surface area contributed by atoms with Gasteiger partial charge in [0.05, 0.1) is 25.7 Å². The van der Waals surface area contributed by atoms with E-state index in [-0.39, 0.29) is 12.1 Å². The van der Waals surface area contributed by atoms with Crippen LogP contribution in [0.15, 0.2) is 5.16 Å². The summed E-state index contributed by atoms with van der Waals surface area (Å²) in [6.07, 6.45) is 2.93. The van der Waals surface area contributed by atoms with E-state index in [0.717, 1.165) is 18.9 Å². The van der Waals surface area contributed by atoms with Crippen molar-refractivity contribution >= 4 is 11.8 Å². The van der Waals surface area contributed by atoms with Gasteiger partial charge in [0.25, 0.3) is 0 Å². The van der Waals surface area contributed by atoms with Crippen LogP contribution in [0, 0.1) is 5.92 Å². The van der Waals surface area contributed by atoms with Crippen molar-refractivity contribution in [2.24, 2.45) is 11.1 Å². The van der Waals surface area contributed by atoms with Crippen LogP contribution in [0.25, 0.3) is 0 Å². The van der Waals surface area contributed by atoms with Crippen molar-refractivity contribution < 1.29 is 19.1 Å². The van der Waals surface area contributed by atoms with E-state index in [1.54, 1.807) is 0 Å². The summed E-state index contributed by atoms with van der Waals surface area (Å²) in [5.41, 5.74) is 0. The Kier molecular flexibility index (Phi) is 3.35. The van der Waals surface area contributed by atoms with Gasteiger partial charge in [-0.1, -0.05) is 5.16 Å². The minimum absolute atomic E-state index is 0.194. The van der Waals surface area contributed by atoms with E-state index in [0.29, 0.717) is 18.4 Å². The minimum Gasteiger partial charge on any atom is -0.466 e. The second-order valence-corrected chi connectivity index (χ2v) is 5.56. The summed E-state index contributed by atoms with van der Waals surface area (Å²) in [7, 11) is 1.36. The molecule has 0 amide bonds. The summed E-state index contributed by atoms with van der Waals surface area (Å²) in [6, 6.07) is 0. The van der Waals surface area contributed by atoms with E-state index >= 15 is 0 Å². The molecule has 0 aromatic heterocycles. The molecule has 1 saturated carbocycles. The first-order valence-corrected chi connectivity index (χ1v) is 6.88. The Morgan fingerprint density at radius 1 is 1.42 bits per heavy atom. The van der Waals surface area contributed by atoms with E-state index in [2.05, 4.69) is 21.7 Å². The third-order valence-electron chi connectivity index (χ3n) is 3.92. The summed E-state index contributed by atoms with van der Waals surface area (Å²) in [5.74, 6) is 1.18. The summed E-state index contributed by atoms with van der Waals surface area (Å²) >= 11 is 0. The van der Waals surface area contributed by atoms with E-state index in [4.69, 9.17) is 9.57 Å². The lowest BCUT2D eigenvalue weighted by Crippen LogP contribution is -2.49. The maximum atomic E-state index is 11.4. The van der Waals surface area contributed by atoms with Crippen LogP contribution >= 0.6 is 0 Å². The quantitative estimate of drug-likeness (QED) is 0.692. The predicted molar refractivity (Wildman–Crippen MR) is 67.6 cm³/mol. The van der Waals surface area contributed by atoms with Crippen LogP contribution in [-0.4, -0.2) is 55.2 Å². The molecular formula is C13H20N2O4. The highest BCUT2D eigenvalue weighted by Crippen LogP contribution is 2.37. The highest BCUT2D eigenvalue weighted by atomic mass is 16.7. The maximum absolute atomic E-state index is 11.4. The van der Waals surface area contributed by atoms with Gasteiger partial charge >= 0.3 is 5.97 Å². The van der Waals surface area contributed by atoms with Gasteiger partial charge < -0.3 is 19.2 Å². The van der Waals surface area contributed by atoms with Crippen molar-refractivity contribution in [1.82, 2.24) is 4.90 Å². The fourth-order valence-electron chi connectivity index (χ4n) is 2.73. The number of methoxy groups -OCH3 is 1. The van der Waals surface area contributed by atoms with Crippen LogP contribution in [-0.2, 0) is 19.1 Å². The fraction of sp³-hybridized carbons (Fsp3) is 0.846. The number of ether oxygens (including phenoxy) is 2. The fourth-order valence-corrected chi connectivity index (χ4v) is 2.73. The second kappa shape index (κ2) is 5.00.